The van der Waals surface area contributed by atoms with Crippen LogP contribution in [0.4, 0.5) is 5.82 Å². The molecule has 1 aromatic heterocycles. The number of nitrogens with zero attached hydrogens (tertiary/aromatic N) is 1. The van der Waals surface area contributed by atoms with Crippen molar-refractivity contribution in [3.8, 4) is 11.1 Å². The van der Waals surface area contributed by atoms with Crippen LogP contribution < -0.4 is 5.32 Å². The third-order valence-corrected chi connectivity index (χ3v) is 4.14. The number of benzene rings is 3. The summed E-state index contributed by atoms with van der Waals surface area (Å²) in [5.41, 5.74) is 4.06. The van der Waals surface area contributed by atoms with Crippen LogP contribution in [0.15, 0.2) is 84.9 Å². The number of aromatic amines is 1. The summed E-state index contributed by atoms with van der Waals surface area (Å²) in [7, 11) is 0. The summed E-state index contributed by atoms with van der Waals surface area (Å²) in [6.45, 7) is 0. The Bertz CT molecular complexity index is 1070. The van der Waals surface area contributed by atoms with E-state index in [1.165, 1.54) is 6.08 Å². The molecule has 0 saturated carbocycles. The lowest BCUT2D eigenvalue weighted by atomic mass is 10.0. The lowest BCUT2D eigenvalue weighted by Crippen LogP contribution is -2.08. The highest BCUT2D eigenvalue weighted by Crippen LogP contribution is 2.27. The lowest BCUT2D eigenvalue weighted by molar-refractivity contribution is -0.111. The minimum Gasteiger partial charge on any atom is -0.305 e. The van der Waals surface area contributed by atoms with Crippen molar-refractivity contribution in [3.05, 3.63) is 90.5 Å². The molecule has 4 nitrogen and oxygen atoms in total. The number of H-pyrrole nitrogens is 1. The van der Waals surface area contributed by atoms with Crippen LogP contribution in [0.1, 0.15) is 5.56 Å². The van der Waals surface area contributed by atoms with Crippen LogP contribution in [0.25, 0.3) is 28.1 Å². The third kappa shape index (κ3) is 3.39. The van der Waals surface area contributed by atoms with E-state index in [-0.39, 0.29) is 5.91 Å². The van der Waals surface area contributed by atoms with Gasteiger partial charge in [0.15, 0.2) is 5.82 Å². The predicted octanol–water partition coefficient (Wildman–Crippen LogP) is 4.88. The molecular weight excluding hydrogens is 322 g/mol. The largest absolute Gasteiger partial charge is 0.305 e. The molecule has 0 bridgehead atoms. The summed E-state index contributed by atoms with van der Waals surface area (Å²) < 4.78 is 0. The Hall–Kier alpha value is -3.66. The van der Waals surface area contributed by atoms with Crippen molar-refractivity contribution in [2.24, 2.45) is 0 Å². The van der Waals surface area contributed by atoms with Crippen molar-refractivity contribution < 1.29 is 4.79 Å². The smallest absolute Gasteiger partial charge is 0.249 e. The number of carbonyl (C=O) groups excluding carboxylic acids is 1. The van der Waals surface area contributed by atoms with Gasteiger partial charge in [0, 0.05) is 11.5 Å². The van der Waals surface area contributed by atoms with E-state index in [0.29, 0.717) is 5.82 Å². The van der Waals surface area contributed by atoms with Crippen molar-refractivity contribution in [2.75, 3.05) is 5.32 Å². The Balaban J connectivity index is 1.58. The van der Waals surface area contributed by atoms with E-state index in [0.717, 1.165) is 27.6 Å². The molecule has 1 amide bonds. The monoisotopic (exact) mass is 339 g/mol. The maximum atomic E-state index is 12.2. The number of carbonyl (C=O) groups is 1. The molecule has 0 aliphatic heterocycles. The van der Waals surface area contributed by atoms with Gasteiger partial charge in [-0.15, -0.1) is 0 Å². The molecule has 0 saturated heterocycles. The van der Waals surface area contributed by atoms with Gasteiger partial charge in [-0.05, 0) is 34.9 Å². The van der Waals surface area contributed by atoms with Crippen molar-refractivity contribution in [2.45, 2.75) is 0 Å². The second-order valence-electron chi connectivity index (χ2n) is 5.93. The van der Waals surface area contributed by atoms with E-state index >= 15 is 0 Å². The van der Waals surface area contributed by atoms with Crippen LogP contribution in [0.3, 0.4) is 0 Å². The number of aromatic nitrogens is 2. The van der Waals surface area contributed by atoms with Crippen LogP contribution in [-0.4, -0.2) is 16.1 Å². The van der Waals surface area contributed by atoms with Gasteiger partial charge < -0.3 is 5.32 Å². The van der Waals surface area contributed by atoms with Gasteiger partial charge in [-0.1, -0.05) is 66.7 Å². The number of hydrogen-bond acceptors (Lipinski definition) is 2. The summed E-state index contributed by atoms with van der Waals surface area (Å²) in [5, 5.41) is 10.9. The Morgan fingerprint density at radius 1 is 0.885 bits per heavy atom. The fourth-order valence-corrected chi connectivity index (χ4v) is 2.81. The van der Waals surface area contributed by atoms with Crippen LogP contribution in [0.5, 0.6) is 0 Å². The number of fused-ring (bicyclic) bond motifs is 1. The minimum absolute atomic E-state index is 0.215. The first-order chi connectivity index (χ1) is 12.8. The topological polar surface area (TPSA) is 57.8 Å². The van der Waals surface area contributed by atoms with Crippen molar-refractivity contribution >= 4 is 28.7 Å². The van der Waals surface area contributed by atoms with Crippen LogP contribution >= 0.6 is 0 Å². The van der Waals surface area contributed by atoms with E-state index in [2.05, 4.69) is 27.6 Å². The number of nitrogens with one attached hydrogen (secondary N) is 2. The van der Waals surface area contributed by atoms with Crippen molar-refractivity contribution in [1.82, 2.24) is 10.2 Å². The van der Waals surface area contributed by atoms with Crippen LogP contribution in [-0.2, 0) is 4.79 Å². The summed E-state index contributed by atoms with van der Waals surface area (Å²) in [4.78, 5) is 12.2. The first-order valence-electron chi connectivity index (χ1n) is 8.37. The first kappa shape index (κ1) is 15.8. The van der Waals surface area contributed by atoms with Gasteiger partial charge in [0.25, 0.3) is 0 Å². The average Bonchev–Trinajstić information content (AvgIpc) is 3.10. The standard InChI is InChI=1S/C22H17N3O/c26-21(14-11-16-7-3-1-4-8-16)23-22-19-15-18(12-13-20(19)24-25-22)17-9-5-2-6-10-17/h1-15H,(H2,23,24,25,26). The zero-order valence-corrected chi connectivity index (χ0v) is 14.0. The number of amides is 1. The molecule has 1 heterocycles. The molecule has 4 aromatic rings. The predicted molar refractivity (Wildman–Crippen MR) is 106 cm³/mol. The zero-order valence-electron chi connectivity index (χ0n) is 14.0. The molecule has 4 rings (SSSR count). The highest BCUT2D eigenvalue weighted by atomic mass is 16.1. The highest BCUT2D eigenvalue weighted by molar-refractivity contribution is 6.06. The Kier molecular flexibility index (Phi) is 4.31. The number of rotatable bonds is 4. The molecule has 0 aliphatic carbocycles. The summed E-state index contributed by atoms with van der Waals surface area (Å²) >= 11 is 0. The molecule has 126 valence electrons. The molecule has 0 aliphatic rings. The fourth-order valence-electron chi connectivity index (χ4n) is 2.81. The Morgan fingerprint density at radius 3 is 2.38 bits per heavy atom. The third-order valence-electron chi connectivity index (χ3n) is 4.14. The molecular formula is C22H17N3O. The van der Waals surface area contributed by atoms with Gasteiger partial charge >= 0.3 is 0 Å². The molecule has 0 spiro atoms. The quantitative estimate of drug-likeness (QED) is 0.521. The van der Waals surface area contributed by atoms with E-state index in [4.69, 9.17) is 0 Å². The molecule has 4 heteroatoms. The first-order valence-corrected chi connectivity index (χ1v) is 8.37. The number of hydrogen-bond donors (Lipinski definition) is 2. The molecule has 26 heavy (non-hydrogen) atoms. The van der Waals surface area contributed by atoms with Crippen LogP contribution in [0.2, 0.25) is 0 Å². The van der Waals surface area contributed by atoms with Gasteiger partial charge in [-0.25, -0.2) is 0 Å². The molecule has 0 fully saturated rings. The SMILES string of the molecule is O=C(C=Cc1ccccc1)Nc1n[nH]c2ccc(-c3ccccc3)cc12. The highest BCUT2D eigenvalue weighted by Gasteiger charge is 2.09. The van der Waals surface area contributed by atoms with E-state index in [9.17, 15) is 4.79 Å². The van der Waals surface area contributed by atoms with E-state index in [1.807, 2.05) is 66.7 Å². The second-order valence-corrected chi connectivity index (χ2v) is 5.93. The maximum absolute atomic E-state index is 12.2. The van der Waals surface area contributed by atoms with Crippen molar-refractivity contribution in [3.63, 3.8) is 0 Å². The summed E-state index contributed by atoms with van der Waals surface area (Å²) in [6.07, 6.45) is 3.29. The second kappa shape index (κ2) is 7.07. The van der Waals surface area contributed by atoms with Crippen molar-refractivity contribution in [1.29, 1.82) is 0 Å². The maximum Gasteiger partial charge on any atom is 0.249 e. The summed E-state index contributed by atoms with van der Waals surface area (Å²) in [5.74, 6) is 0.313. The van der Waals surface area contributed by atoms with E-state index < -0.39 is 0 Å². The molecule has 0 radical (unpaired) electrons. The Morgan fingerprint density at radius 2 is 1.62 bits per heavy atom. The van der Waals surface area contributed by atoms with Crippen LogP contribution in [0, 0.1) is 0 Å². The normalized spacial score (nSPS) is 11.1. The molecule has 2 N–H and O–H groups in total. The summed E-state index contributed by atoms with van der Waals surface area (Å²) in [6, 6.07) is 25.9. The molecule has 3 aromatic carbocycles. The van der Waals surface area contributed by atoms with Gasteiger partial charge in [0.2, 0.25) is 5.91 Å². The number of anilines is 1. The minimum atomic E-state index is -0.215. The fraction of sp³-hybridized carbons (Fsp3) is 0. The Labute approximate surface area is 151 Å². The van der Waals surface area contributed by atoms with Gasteiger partial charge in [0.05, 0.1) is 5.52 Å². The molecule has 0 atom stereocenters. The van der Waals surface area contributed by atoms with Gasteiger partial charge in [-0.2, -0.15) is 5.10 Å². The van der Waals surface area contributed by atoms with E-state index in [1.54, 1.807) is 6.08 Å². The van der Waals surface area contributed by atoms with Gasteiger partial charge in [-0.3, -0.25) is 9.89 Å². The average molecular weight is 339 g/mol. The lowest BCUT2D eigenvalue weighted by Gasteiger charge is -2.03. The molecule has 0 unspecified atom stereocenters. The zero-order chi connectivity index (χ0) is 17.8. The van der Waals surface area contributed by atoms with Gasteiger partial charge in [0.1, 0.15) is 0 Å².